The van der Waals surface area contributed by atoms with Gasteiger partial charge in [0.1, 0.15) is 0 Å². The smallest absolute Gasteiger partial charge is 0.00828 e. The monoisotopic (exact) mass is 268 g/mol. The number of hydrogen-bond donors (Lipinski definition) is 0. The second-order valence-electron chi connectivity index (χ2n) is 6.22. The normalized spacial score (nSPS) is 19.9. The van der Waals surface area contributed by atoms with Crippen molar-refractivity contribution in [3.8, 4) is 0 Å². The zero-order valence-corrected chi connectivity index (χ0v) is 13.2. The van der Waals surface area contributed by atoms with E-state index in [-0.39, 0.29) is 0 Å². The van der Waals surface area contributed by atoms with Gasteiger partial charge in [0.25, 0.3) is 0 Å². The van der Waals surface area contributed by atoms with E-state index in [0.29, 0.717) is 5.92 Å². The van der Waals surface area contributed by atoms with Crippen LogP contribution in [0.4, 0.5) is 0 Å². The van der Waals surface area contributed by atoms with Crippen molar-refractivity contribution in [1.82, 2.24) is 0 Å². The summed E-state index contributed by atoms with van der Waals surface area (Å²) in [5, 5.41) is 0. The van der Waals surface area contributed by atoms with Crippen molar-refractivity contribution < 1.29 is 0 Å². The summed E-state index contributed by atoms with van der Waals surface area (Å²) in [6.07, 6.45) is 15.2. The first-order valence-electron chi connectivity index (χ1n) is 8.04. The molecule has 2 rings (SSSR count). The fourth-order valence-electron chi connectivity index (χ4n) is 3.51. The summed E-state index contributed by atoms with van der Waals surface area (Å²) >= 11 is 0. The third kappa shape index (κ3) is 3.23. The van der Waals surface area contributed by atoms with Crippen LogP contribution in [-0.4, -0.2) is 0 Å². The summed E-state index contributed by atoms with van der Waals surface area (Å²) < 4.78 is 0. The molecule has 0 N–H and O–H groups in total. The molecule has 0 amide bonds. The summed E-state index contributed by atoms with van der Waals surface area (Å²) in [6, 6.07) is 0. The molecule has 0 radical (unpaired) electrons. The number of rotatable bonds is 7. The Bertz CT molecular complexity index is 482. The average molecular weight is 268 g/mol. The molecule has 1 unspecified atom stereocenters. The Hall–Kier alpha value is -1.30. The van der Waals surface area contributed by atoms with Gasteiger partial charge in [-0.15, -0.1) is 6.58 Å². The Morgan fingerprint density at radius 2 is 2.20 bits per heavy atom. The fraction of sp³-hybridized carbons (Fsp3) is 0.500. The summed E-state index contributed by atoms with van der Waals surface area (Å²) in [4.78, 5) is 0. The van der Waals surface area contributed by atoms with Gasteiger partial charge in [-0.25, -0.2) is 0 Å². The molecule has 0 spiro atoms. The van der Waals surface area contributed by atoms with Crippen LogP contribution in [0.1, 0.15) is 58.8 Å². The third-order valence-corrected chi connectivity index (χ3v) is 4.68. The van der Waals surface area contributed by atoms with Crippen molar-refractivity contribution >= 4 is 0 Å². The minimum atomic E-state index is 0.712. The van der Waals surface area contributed by atoms with Crippen LogP contribution < -0.4 is 0 Å². The topological polar surface area (TPSA) is 0 Å². The fourth-order valence-corrected chi connectivity index (χ4v) is 3.51. The Morgan fingerprint density at radius 3 is 2.90 bits per heavy atom. The Kier molecular flexibility index (Phi) is 5.23. The van der Waals surface area contributed by atoms with E-state index < -0.39 is 0 Å². The minimum absolute atomic E-state index is 0.712. The largest absolute Gasteiger partial charge is 0.103 e. The van der Waals surface area contributed by atoms with Gasteiger partial charge in [-0.2, -0.15) is 0 Å². The summed E-state index contributed by atoms with van der Waals surface area (Å²) in [5.74, 6) is 0.712. The first kappa shape index (κ1) is 15.1. The van der Waals surface area contributed by atoms with E-state index >= 15 is 0 Å². The summed E-state index contributed by atoms with van der Waals surface area (Å²) in [5.41, 5.74) is 7.58. The van der Waals surface area contributed by atoms with Crippen LogP contribution in [0.15, 0.2) is 59.3 Å². The van der Waals surface area contributed by atoms with Gasteiger partial charge in [0, 0.05) is 0 Å². The van der Waals surface area contributed by atoms with E-state index in [9.17, 15) is 0 Å². The summed E-state index contributed by atoms with van der Waals surface area (Å²) in [7, 11) is 0. The number of allylic oxidation sites excluding steroid dienone is 8. The lowest BCUT2D eigenvalue weighted by Gasteiger charge is -2.16. The molecule has 20 heavy (non-hydrogen) atoms. The SMILES string of the molecule is C=CCC(C)CCC(=C)/C(=C\C)C1=C2CCCC2=CC1. The van der Waals surface area contributed by atoms with Crippen LogP contribution in [0.25, 0.3) is 0 Å². The highest BCUT2D eigenvalue weighted by atomic mass is 14.3. The molecule has 1 fully saturated rings. The molecule has 1 saturated carbocycles. The van der Waals surface area contributed by atoms with E-state index in [1.54, 1.807) is 16.7 Å². The molecule has 1 atom stereocenters. The molecular formula is C20H28. The van der Waals surface area contributed by atoms with Gasteiger partial charge in [-0.1, -0.05) is 31.7 Å². The van der Waals surface area contributed by atoms with Crippen LogP contribution in [-0.2, 0) is 0 Å². The van der Waals surface area contributed by atoms with Gasteiger partial charge in [-0.05, 0) is 85.7 Å². The highest BCUT2D eigenvalue weighted by Crippen LogP contribution is 2.43. The molecule has 0 nitrogen and oxygen atoms in total. The van der Waals surface area contributed by atoms with E-state index in [4.69, 9.17) is 0 Å². The quantitative estimate of drug-likeness (QED) is 0.376. The lowest BCUT2D eigenvalue weighted by molar-refractivity contribution is 0.541. The molecule has 2 aliphatic rings. The molecule has 0 aromatic carbocycles. The van der Waals surface area contributed by atoms with E-state index in [1.165, 1.54) is 36.8 Å². The van der Waals surface area contributed by atoms with Crippen LogP contribution in [0, 0.1) is 5.92 Å². The van der Waals surface area contributed by atoms with Crippen molar-refractivity contribution in [2.24, 2.45) is 5.92 Å². The van der Waals surface area contributed by atoms with Crippen LogP contribution >= 0.6 is 0 Å². The van der Waals surface area contributed by atoms with Crippen LogP contribution in [0.3, 0.4) is 0 Å². The lowest BCUT2D eigenvalue weighted by Crippen LogP contribution is -1.98. The van der Waals surface area contributed by atoms with Crippen LogP contribution in [0.2, 0.25) is 0 Å². The van der Waals surface area contributed by atoms with Crippen molar-refractivity contribution in [3.63, 3.8) is 0 Å². The van der Waals surface area contributed by atoms with E-state index in [1.807, 2.05) is 6.08 Å². The number of hydrogen-bond acceptors (Lipinski definition) is 0. The molecule has 0 aliphatic heterocycles. The highest BCUT2D eigenvalue weighted by molar-refractivity contribution is 5.58. The maximum atomic E-state index is 4.37. The molecule has 0 aromatic rings. The molecule has 0 heteroatoms. The maximum absolute atomic E-state index is 4.37. The van der Waals surface area contributed by atoms with Gasteiger partial charge >= 0.3 is 0 Å². The van der Waals surface area contributed by atoms with Gasteiger partial charge < -0.3 is 0 Å². The Labute approximate surface area is 124 Å². The van der Waals surface area contributed by atoms with Gasteiger partial charge in [0.15, 0.2) is 0 Å². The molecule has 0 heterocycles. The van der Waals surface area contributed by atoms with Crippen LogP contribution in [0.5, 0.6) is 0 Å². The molecular weight excluding hydrogens is 240 g/mol. The Morgan fingerprint density at radius 1 is 1.40 bits per heavy atom. The lowest BCUT2D eigenvalue weighted by atomic mass is 9.89. The number of fused-ring (bicyclic) bond motifs is 1. The third-order valence-electron chi connectivity index (χ3n) is 4.68. The predicted octanol–water partition coefficient (Wildman–Crippen LogP) is 6.29. The minimum Gasteiger partial charge on any atom is -0.103 e. The zero-order chi connectivity index (χ0) is 14.5. The second-order valence-corrected chi connectivity index (χ2v) is 6.22. The zero-order valence-electron chi connectivity index (χ0n) is 13.2. The van der Waals surface area contributed by atoms with Gasteiger partial charge in [0.05, 0.1) is 0 Å². The standard InChI is InChI=1S/C20H28/c1-5-8-15(3)11-12-16(4)18(6-2)20-14-13-17-9-7-10-19(17)20/h5-6,13,15H,1,4,7-12,14H2,2-3H3/b18-6+. The van der Waals surface area contributed by atoms with E-state index in [2.05, 4.69) is 39.2 Å². The molecule has 0 saturated heterocycles. The second kappa shape index (κ2) is 6.92. The van der Waals surface area contributed by atoms with E-state index in [0.717, 1.165) is 19.3 Å². The summed E-state index contributed by atoms with van der Waals surface area (Å²) in [6.45, 7) is 12.7. The van der Waals surface area contributed by atoms with Crippen molar-refractivity contribution in [1.29, 1.82) is 0 Å². The van der Waals surface area contributed by atoms with Crippen molar-refractivity contribution in [3.05, 3.63) is 59.3 Å². The molecule has 108 valence electrons. The first-order chi connectivity index (χ1) is 9.67. The predicted molar refractivity (Wildman–Crippen MR) is 89.7 cm³/mol. The van der Waals surface area contributed by atoms with Crippen molar-refractivity contribution in [2.45, 2.75) is 58.8 Å². The Balaban J connectivity index is 2.01. The first-order valence-corrected chi connectivity index (χ1v) is 8.04. The maximum Gasteiger partial charge on any atom is -0.00828 e. The molecule has 0 bridgehead atoms. The van der Waals surface area contributed by atoms with Crippen molar-refractivity contribution in [2.75, 3.05) is 0 Å². The molecule has 0 aromatic heterocycles. The average Bonchev–Trinajstić information content (AvgIpc) is 3.02. The molecule has 2 aliphatic carbocycles. The van der Waals surface area contributed by atoms with Gasteiger partial charge in [0.2, 0.25) is 0 Å². The highest BCUT2D eigenvalue weighted by Gasteiger charge is 2.24. The van der Waals surface area contributed by atoms with Gasteiger partial charge in [-0.3, -0.25) is 0 Å².